The molecule has 0 radical (unpaired) electrons. The highest BCUT2D eigenvalue weighted by Gasteiger charge is 2.08. The van der Waals surface area contributed by atoms with Gasteiger partial charge in [0.25, 0.3) is 0 Å². The summed E-state index contributed by atoms with van der Waals surface area (Å²) in [5.41, 5.74) is 0.692. The molecule has 0 aliphatic carbocycles. The van der Waals surface area contributed by atoms with Crippen molar-refractivity contribution < 1.29 is 14.1 Å². The van der Waals surface area contributed by atoms with Gasteiger partial charge in [-0.05, 0) is 19.1 Å². The van der Waals surface area contributed by atoms with E-state index in [1.807, 2.05) is 0 Å². The van der Waals surface area contributed by atoms with E-state index in [9.17, 15) is 9.59 Å². The molecule has 0 aliphatic rings. The number of hydrogen-bond donors (Lipinski definition) is 2. The number of thioether (sulfide) groups is 1. The standard InChI is InChI=1S/C12H13N5O3S/c1-7-5-11(20-17-7)14-10(19)6-21-12-4-3-9(15-16-12)13-8(2)18/h3-5H,6H2,1-2H3,(H,14,19)(H,13,15,18). The Morgan fingerprint density at radius 2 is 2.10 bits per heavy atom. The van der Waals surface area contributed by atoms with Crippen LogP contribution in [0.25, 0.3) is 0 Å². The minimum Gasteiger partial charge on any atom is -0.338 e. The fourth-order valence-corrected chi connectivity index (χ4v) is 1.99. The van der Waals surface area contributed by atoms with Crippen LogP contribution in [0.5, 0.6) is 0 Å². The molecular weight excluding hydrogens is 294 g/mol. The average Bonchev–Trinajstić information content (AvgIpc) is 2.83. The predicted molar refractivity (Wildman–Crippen MR) is 76.9 cm³/mol. The van der Waals surface area contributed by atoms with E-state index >= 15 is 0 Å². The summed E-state index contributed by atoms with van der Waals surface area (Å²) in [5, 5.41) is 17.1. The van der Waals surface area contributed by atoms with Gasteiger partial charge in [-0.15, -0.1) is 10.2 Å². The van der Waals surface area contributed by atoms with Crippen molar-refractivity contribution in [2.45, 2.75) is 18.9 Å². The van der Waals surface area contributed by atoms with Crippen molar-refractivity contribution in [3.8, 4) is 0 Å². The first-order chi connectivity index (χ1) is 10.0. The summed E-state index contributed by atoms with van der Waals surface area (Å²) in [6.45, 7) is 3.15. The molecule has 2 aromatic rings. The van der Waals surface area contributed by atoms with Crippen LogP contribution in [-0.4, -0.2) is 32.9 Å². The van der Waals surface area contributed by atoms with E-state index < -0.39 is 0 Å². The van der Waals surface area contributed by atoms with Gasteiger partial charge in [0.15, 0.2) is 5.82 Å². The van der Waals surface area contributed by atoms with Crippen molar-refractivity contribution in [1.29, 1.82) is 0 Å². The Morgan fingerprint density at radius 3 is 2.67 bits per heavy atom. The maximum Gasteiger partial charge on any atom is 0.237 e. The molecule has 0 spiro atoms. The minimum absolute atomic E-state index is 0.161. The van der Waals surface area contributed by atoms with Crippen molar-refractivity contribution in [2.75, 3.05) is 16.4 Å². The maximum atomic E-state index is 11.7. The van der Waals surface area contributed by atoms with E-state index in [1.54, 1.807) is 25.1 Å². The minimum atomic E-state index is -0.233. The molecule has 2 amide bonds. The largest absolute Gasteiger partial charge is 0.338 e. The fourth-order valence-electron chi connectivity index (χ4n) is 1.38. The molecule has 110 valence electrons. The Bertz CT molecular complexity index is 641. The van der Waals surface area contributed by atoms with Gasteiger partial charge in [0.1, 0.15) is 5.03 Å². The summed E-state index contributed by atoms with van der Waals surface area (Å²) in [5.74, 6) is 0.391. The highest BCUT2D eigenvalue weighted by molar-refractivity contribution is 7.99. The molecule has 0 bridgehead atoms. The number of nitrogens with zero attached hydrogens (tertiary/aromatic N) is 3. The molecule has 0 aliphatic heterocycles. The second-order valence-electron chi connectivity index (χ2n) is 4.11. The summed E-state index contributed by atoms with van der Waals surface area (Å²) in [6.07, 6.45) is 0. The Balaban J connectivity index is 1.82. The van der Waals surface area contributed by atoms with Crippen LogP contribution in [0, 0.1) is 6.92 Å². The monoisotopic (exact) mass is 307 g/mol. The van der Waals surface area contributed by atoms with Gasteiger partial charge in [0.05, 0.1) is 11.4 Å². The molecule has 21 heavy (non-hydrogen) atoms. The van der Waals surface area contributed by atoms with E-state index in [1.165, 1.54) is 18.7 Å². The van der Waals surface area contributed by atoms with Crippen molar-refractivity contribution in [3.05, 3.63) is 23.9 Å². The topological polar surface area (TPSA) is 110 Å². The molecule has 2 aromatic heterocycles. The number of nitrogens with one attached hydrogen (secondary N) is 2. The van der Waals surface area contributed by atoms with Crippen LogP contribution in [0.15, 0.2) is 27.7 Å². The highest BCUT2D eigenvalue weighted by Crippen LogP contribution is 2.16. The summed E-state index contributed by atoms with van der Waals surface area (Å²) >= 11 is 1.22. The van der Waals surface area contributed by atoms with Gasteiger partial charge < -0.3 is 9.84 Å². The van der Waals surface area contributed by atoms with E-state index in [2.05, 4.69) is 26.0 Å². The van der Waals surface area contributed by atoms with E-state index in [0.717, 1.165) is 0 Å². The van der Waals surface area contributed by atoms with E-state index in [-0.39, 0.29) is 17.6 Å². The van der Waals surface area contributed by atoms with Crippen LogP contribution < -0.4 is 10.6 Å². The molecule has 2 N–H and O–H groups in total. The lowest BCUT2D eigenvalue weighted by atomic mass is 10.5. The lowest BCUT2D eigenvalue weighted by Crippen LogP contribution is -2.13. The molecular formula is C12H13N5O3S. The Labute approximate surface area is 124 Å². The van der Waals surface area contributed by atoms with Crippen LogP contribution in [0.4, 0.5) is 11.7 Å². The number of carbonyl (C=O) groups excluding carboxylic acids is 2. The van der Waals surface area contributed by atoms with Gasteiger partial charge in [-0.25, -0.2) is 0 Å². The Hall–Kier alpha value is -2.42. The van der Waals surface area contributed by atoms with Crippen molar-refractivity contribution in [2.24, 2.45) is 0 Å². The molecule has 0 saturated carbocycles. The maximum absolute atomic E-state index is 11.7. The Morgan fingerprint density at radius 1 is 1.29 bits per heavy atom. The van der Waals surface area contributed by atoms with Gasteiger partial charge in [-0.3, -0.25) is 14.9 Å². The van der Waals surface area contributed by atoms with Gasteiger partial charge >= 0.3 is 0 Å². The lowest BCUT2D eigenvalue weighted by Gasteiger charge is -2.02. The van der Waals surface area contributed by atoms with Gasteiger partial charge in [0.2, 0.25) is 17.7 Å². The van der Waals surface area contributed by atoms with Crippen LogP contribution in [-0.2, 0) is 9.59 Å². The summed E-state index contributed by atoms with van der Waals surface area (Å²) in [7, 11) is 0. The zero-order valence-corrected chi connectivity index (χ0v) is 12.2. The molecule has 2 heterocycles. The van der Waals surface area contributed by atoms with Crippen molar-refractivity contribution >= 4 is 35.3 Å². The first-order valence-corrected chi connectivity index (χ1v) is 6.99. The number of hydrogen-bond acceptors (Lipinski definition) is 7. The fraction of sp³-hybridized carbons (Fsp3) is 0.250. The summed E-state index contributed by atoms with van der Waals surface area (Å²) in [6, 6.07) is 4.92. The molecule has 0 aromatic carbocycles. The number of amides is 2. The van der Waals surface area contributed by atoms with E-state index in [0.29, 0.717) is 22.4 Å². The van der Waals surface area contributed by atoms with Gasteiger partial charge in [-0.1, -0.05) is 16.9 Å². The molecule has 0 unspecified atom stereocenters. The molecule has 2 rings (SSSR count). The summed E-state index contributed by atoms with van der Waals surface area (Å²) in [4.78, 5) is 22.5. The van der Waals surface area contributed by atoms with E-state index in [4.69, 9.17) is 4.52 Å². The molecule has 0 atom stereocenters. The van der Waals surface area contributed by atoms with Crippen LogP contribution in [0.3, 0.4) is 0 Å². The quantitative estimate of drug-likeness (QED) is 0.804. The lowest BCUT2D eigenvalue weighted by molar-refractivity contribution is -0.114. The number of aryl methyl sites for hydroxylation is 1. The molecule has 0 fully saturated rings. The molecule has 9 heteroatoms. The molecule has 0 saturated heterocycles. The third-order valence-corrected chi connectivity index (χ3v) is 3.11. The molecule has 8 nitrogen and oxygen atoms in total. The average molecular weight is 307 g/mol. The number of rotatable bonds is 5. The first-order valence-electron chi connectivity index (χ1n) is 6.00. The predicted octanol–water partition coefficient (Wildman–Crippen LogP) is 1.46. The van der Waals surface area contributed by atoms with Crippen LogP contribution in [0.1, 0.15) is 12.6 Å². The van der Waals surface area contributed by atoms with Crippen molar-refractivity contribution in [3.63, 3.8) is 0 Å². The Kier molecular flexibility index (Phi) is 4.88. The summed E-state index contributed by atoms with van der Waals surface area (Å²) < 4.78 is 4.88. The van der Waals surface area contributed by atoms with Gasteiger partial charge in [-0.2, -0.15) is 0 Å². The van der Waals surface area contributed by atoms with Gasteiger partial charge in [0, 0.05) is 13.0 Å². The number of anilines is 2. The normalized spacial score (nSPS) is 10.2. The zero-order valence-electron chi connectivity index (χ0n) is 11.4. The zero-order chi connectivity index (χ0) is 15.2. The van der Waals surface area contributed by atoms with Crippen LogP contribution in [0.2, 0.25) is 0 Å². The second-order valence-corrected chi connectivity index (χ2v) is 5.10. The van der Waals surface area contributed by atoms with Crippen molar-refractivity contribution in [1.82, 2.24) is 15.4 Å². The number of carbonyl (C=O) groups is 2. The SMILES string of the molecule is CC(=O)Nc1ccc(SCC(=O)Nc2cc(C)no2)nn1. The highest BCUT2D eigenvalue weighted by atomic mass is 32.2. The smallest absolute Gasteiger partial charge is 0.237 e. The number of aromatic nitrogens is 3. The third kappa shape index (κ3) is 4.88. The second kappa shape index (κ2) is 6.84. The third-order valence-electron chi connectivity index (χ3n) is 2.19. The first kappa shape index (κ1) is 15.0. The van der Waals surface area contributed by atoms with Crippen LogP contribution >= 0.6 is 11.8 Å².